The van der Waals surface area contributed by atoms with Crippen LogP contribution in [0.3, 0.4) is 0 Å². The second-order valence-electron chi connectivity index (χ2n) is 4.98. The van der Waals surface area contributed by atoms with E-state index in [1.54, 1.807) is 12.1 Å². The van der Waals surface area contributed by atoms with Gasteiger partial charge in [0, 0.05) is 30.2 Å². The third kappa shape index (κ3) is 2.16. The Morgan fingerprint density at radius 2 is 2.11 bits per heavy atom. The average Bonchev–Trinajstić information content (AvgIpc) is 2.81. The van der Waals surface area contributed by atoms with Gasteiger partial charge in [-0.15, -0.1) is 0 Å². The molecule has 3 rings (SSSR count). The number of fused-ring (bicyclic) bond motifs is 1. The molecule has 0 bridgehead atoms. The van der Waals surface area contributed by atoms with Crippen LogP contribution in [0, 0.1) is 5.82 Å². The van der Waals surface area contributed by atoms with E-state index in [-0.39, 0.29) is 5.82 Å². The van der Waals surface area contributed by atoms with Gasteiger partial charge in [-0.1, -0.05) is 0 Å². The van der Waals surface area contributed by atoms with Gasteiger partial charge in [-0.05, 0) is 42.5 Å². The molecular weight excluding hydrogens is 247 g/mol. The highest BCUT2D eigenvalue weighted by Gasteiger charge is 2.25. The first-order valence-electron chi connectivity index (χ1n) is 6.39. The van der Waals surface area contributed by atoms with E-state index in [4.69, 9.17) is 5.11 Å². The highest BCUT2D eigenvalue weighted by Crippen LogP contribution is 2.33. The SMILES string of the molecule is O=C(O)N1CCC(c2c[nH]c3ccc(F)cc23)CC1. The first-order chi connectivity index (χ1) is 9.15. The van der Waals surface area contributed by atoms with Crippen LogP contribution in [0.1, 0.15) is 24.3 Å². The molecule has 0 unspecified atom stereocenters. The Hall–Kier alpha value is -2.04. The molecule has 2 aromatic rings. The first kappa shape index (κ1) is 12.0. The van der Waals surface area contributed by atoms with E-state index in [2.05, 4.69) is 4.98 Å². The molecule has 0 spiro atoms. The molecule has 1 fully saturated rings. The molecule has 1 aliphatic heterocycles. The van der Waals surface area contributed by atoms with Crippen LogP contribution in [0.2, 0.25) is 0 Å². The van der Waals surface area contributed by atoms with Crippen molar-refractivity contribution in [3.63, 3.8) is 0 Å². The van der Waals surface area contributed by atoms with Gasteiger partial charge in [0.2, 0.25) is 0 Å². The summed E-state index contributed by atoms with van der Waals surface area (Å²) in [6.45, 7) is 1.09. The predicted molar refractivity (Wildman–Crippen MR) is 69.8 cm³/mol. The number of H-pyrrole nitrogens is 1. The van der Waals surface area contributed by atoms with Crippen molar-refractivity contribution in [2.45, 2.75) is 18.8 Å². The number of carbonyl (C=O) groups is 1. The third-order valence-corrected chi connectivity index (χ3v) is 3.88. The van der Waals surface area contributed by atoms with Crippen LogP contribution in [0.25, 0.3) is 10.9 Å². The molecule has 1 amide bonds. The van der Waals surface area contributed by atoms with Crippen molar-refractivity contribution in [2.24, 2.45) is 0 Å². The van der Waals surface area contributed by atoms with E-state index >= 15 is 0 Å². The van der Waals surface area contributed by atoms with Crippen molar-refractivity contribution in [3.05, 3.63) is 35.8 Å². The quantitative estimate of drug-likeness (QED) is 0.829. The van der Waals surface area contributed by atoms with E-state index in [0.717, 1.165) is 29.3 Å². The molecule has 1 aromatic heterocycles. The zero-order valence-electron chi connectivity index (χ0n) is 10.4. The van der Waals surface area contributed by atoms with E-state index < -0.39 is 6.09 Å². The monoisotopic (exact) mass is 262 g/mol. The highest BCUT2D eigenvalue weighted by atomic mass is 19.1. The molecule has 4 nitrogen and oxygen atoms in total. The summed E-state index contributed by atoms with van der Waals surface area (Å²) in [7, 11) is 0. The number of benzene rings is 1. The van der Waals surface area contributed by atoms with Gasteiger partial charge in [-0.3, -0.25) is 0 Å². The summed E-state index contributed by atoms with van der Waals surface area (Å²) in [5.74, 6) is 0.0578. The second-order valence-corrected chi connectivity index (χ2v) is 4.98. The molecule has 100 valence electrons. The largest absolute Gasteiger partial charge is 0.465 e. The van der Waals surface area contributed by atoms with Crippen molar-refractivity contribution < 1.29 is 14.3 Å². The summed E-state index contributed by atoms with van der Waals surface area (Å²) in [5.41, 5.74) is 2.02. The molecule has 0 radical (unpaired) electrons. The molecular formula is C14H15FN2O2. The molecule has 0 atom stereocenters. The molecule has 1 aliphatic rings. The van der Waals surface area contributed by atoms with Crippen molar-refractivity contribution in [1.82, 2.24) is 9.88 Å². The van der Waals surface area contributed by atoms with E-state index in [0.29, 0.717) is 19.0 Å². The van der Waals surface area contributed by atoms with Crippen LogP contribution in [-0.4, -0.2) is 34.2 Å². The lowest BCUT2D eigenvalue weighted by atomic mass is 9.89. The number of amides is 1. The zero-order chi connectivity index (χ0) is 13.4. The molecule has 2 N–H and O–H groups in total. The maximum atomic E-state index is 13.3. The van der Waals surface area contributed by atoms with Crippen LogP contribution < -0.4 is 0 Å². The average molecular weight is 262 g/mol. The van der Waals surface area contributed by atoms with Crippen molar-refractivity contribution >= 4 is 17.0 Å². The number of hydrogen-bond acceptors (Lipinski definition) is 1. The number of nitrogens with zero attached hydrogens (tertiary/aromatic N) is 1. The minimum absolute atomic E-state index is 0.240. The fourth-order valence-electron chi connectivity index (χ4n) is 2.83. The standard InChI is InChI=1S/C14H15FN2O2/c15-10-1-2-13-11(7-10)12(8-16-13)9-3-5-17(6-4-9)14(18)19/h1-2,7-9,16H,3-6H2,(H,18,19). The Balaban J connectivity index is 1.85. The number of piperidine rings is 1. The van der Waals surface area contributed by atoms with Crippen LogP contribution in [0.15, 0.2) is 24.4 Å². The number of rotatable bonds is 1. The lowest BCUT2D eigenvalue weighted by Crippen LogP contribution is -2.36. The lowest BCUT2D eigenvalue weighted by Gasteiger charge is -2.29. The Kier molecular flexibility index (Phi) is 2.89. The summed E-state index contributed by atoms with van der Waals surface area (Å²) in [6, 6.07) is 4.72. The van der Waals surface area contributed by atoms with Gasteiger partial charge in [-0.25, -0.2) is 9.18 Å². The van der Waals surface area contributed by atoms with Crippen LogP contribution in [0.4, 0.5) is 9.18 Å². The maximum Gasteiger partial charge on any atom is 0.407 e. The summed E-state index contributed by atoms with van der Waals surface area (Å²) in [4.78, 5) is 15.5. The van der Waals surface area contributed by atoms with Crippen LogP contribution >= 0.6 is 0 Å². The van der Waals surface area contributed by atoms with Gasteiger partial charge in [0.05, 0.1) is 0 Å². The van der Waals surface area contributed by atoms with E-state index in [1.807, 2.05) is 6.20 Å². The summed E-state index contributed by atoms with van der Waals surface area (Å²) in [5, 5.41) is 9.84. The minimum Gasteiger partial charge on any atom is -0.465 e. The van der Waals surface area contributed by atoms with Gasteiger partial charge >= 0.3 is 6.09 Å². The molecule has 19 heavy (non-hydrogen) atoms. The number of carboxylic acid groups (broad SMARTS) is 1. The Labute approximate surface area is 109 Å². The third-order valence-electron chi connectivity index (χ3n) is 3.88. The fourth-order valence-corrected chi connectivity index (χ4v) is 2.83. The van der Waals surface area contributed by atoms with Crippen LogP contribution in [-0.2, 0) is 0 Å². The highest BCUT2D eigenvalue weighted by molar-refractivity contribution is 5.83. The van der Waals surface area contributed by atoms with Crippen LogP contribution in [0.5, 0.6) is 0 Å². The van der Waals surface area contributed by atoms with Gasteiger partial charge in [0.25, 0.3) is 0 Å². The van der Waals surface area contributed by atoms with Crippen molar-refractivity contribution in [3.8, 4) is 0 Å². The predicted octanol–water partition coefficient (Wildman–Crippen LogP) is 3.16. The second kappa shape index (κ2) is 4.57. The van der Waals surface area contributed by atoms with Gasteiger partial charge in [0.15, 0.2) is 0 Å². The number of nitrogens with one attached hydrogen (secondary N) is 1. The number of aromatic amines is 1. The Bertz CT molecular complexity index is 615. The molecule has 0 saturated carbocycles. The van der Waals surface area contributed by atoms with E-state index in [1.165, 1.54) is 11.0 Å². The fraction of sp³-hybridized carbons (Fsp3) is 0.357. The van der Waals surface area contributed by atoms with Gasteiger partial charge in [-0.2, -0.15) is 0 Å². The number of aromatic nitrogens is 1. The molecule has 1 aromatic carbocycles. The van der Waals surface area contributed by atoms with E-state index in [9.17, 15) is 9.18 Å². The van der Waals surface area contributed by atoms with Crippen molar-refractivity contribution in [1.29, 1.82) is 0 Å². The van der Waals surface area contributed by atoms with Crippen molar-refractivity contribution in [2.75, 3.05) is 13.1 Å². The summed E-state index contributed by atoms with van der Waals surface area (Å²) in [6.07, 6.45) is 2.64. The summed E-state index contributed by atoms with van der Waals surface area (Å²) >= 11 is 0. The molecule has 1 saturated heterocycles. The topological polar surface area (TPSA) is 56.3 Å². The zero-order valence-corrected chi connectivity index (χ0v) is 10.4. The lowest BCUT2D eigenvalue weighted by molar-refractivity contribution is 0.132. The normalized spacial score (nSPS) is 17.0. The first-order valence-corrected chi connectivity index (χ1v) is 6.39. The minimum atomic E-state index is -0.858. The Morgan fingerprint density at radius 1 is 1.37 bits per heavy atom. The number of likely N-dealkylation sites (tertiary alicyclic amines) is 1. The number of halogens is 1. The maximum absolute atomic E-state index is 13.3. The molecule has 0 aliphatic carbocycles. The molecule has 2 heterocycles. The smallest absolute Gasteiger partial charge is 0.407 e. The Morgan fingerprint density at radius 3 is 2.79 bits per heavy atom. The van der Waals surface area contributed by atoms with Gasteiger partial charge in [0.1, 0.15) is 5.82 Å². The molecule has 5 heteroatoms. The van der Waals surface area contributed by atoms with Gasteiger partial charge < -0.3 is 15.0 Å². The summed E-state index contributed by atoms with van der Waals surface area (Å²) < 4.78 is 13.3. The number of hydrogen-bond donors (Lipinski definition) is 2.